The van der Waals surface area contributed by atoms with Crippen molar-refractivity contribution in [2.45, 2.75) is 10.2 Å². The zero-order valence-electron chi connectivity index (χ0n) is 6.55. The maximum atomic E-state index is 13.1. The van der Waals surface area contributed by atoms with Crippen LogP contribution in [0, 0.1) is 5.82 Å². The molecule has 68 valence electrons. The number of fused-ring (bicyclic) bond motifs is 1. The van der Waals surface area contributed by atoms with Gasteiger partial charge in [0, 0.05) is 5.33 Å². The van der Waals surface area contributed by atoms with E-state index in [4.69, 9.17) is 0 Å². The van der Waals surface area contributed by atoms with Gasteiger partial charge in [-0.1, -0.05) is 22.0 Å². The lowest BCUT2D eigenvalue weighted by Gasteiger charge is -1.97. The summed E-state index contributed by atoms with van der Waals surface area (Å²) in [7, 11) is 0. The Morgan fingerprint density at radius 1 is 1.46 bits per heavy atom. The number of benzene rings is 1. The maximum absolute atomic E-state index is 13.1. The second-order valence-corrected chi connectivity index (χ2v) is 4.55. The summed E-state index contributed by atoms with van der Waals surface area (Å²) < 4.78 is 14.0. The number of thiol groups is 1. The van der Waals surface area contributed by atoms with E-state index in [1.807, 2.05) is 5.38 Å². The molecule has 1 aromatic carbocycles. The quantitative estimate of drug-likeness (QED) is 0.585. The third kappa shape index (κ3) is 1.51. The Balaban J connectivity index is 2.81. The molecule has 0 spiro atoms. The average molecular weight is 277 g/mol. The minimum Gasteiger partial charge on any atom is -0.206 e. The Morgan fingerprint density at radius 2 is 2.23 bits per heavy atom. The van der Waals surface area contributed by atoms with E-state index in [-0.39, 0.29) is 5.82 Å². The molecule has 0 atom stereocenters. The van der Waals surface area contributed by atoms with Gasteiger partial charge in [0.15, 0.2) is 0 Å². The minimum absolute atomic E-state index is 0.251. The van der Waals surface area contributed by atoms with Gasteiger partial charge in [-0.3, -0.25) is 0 Å². The van der Waals surface area contributed by atoms with E-state index in [0.717, 1.165) is 15.4 Å². The Hall–Kier alpha value is -0.0600. The molecule has 0 saturated heterocycles. The van der Waals surface area contributed by atoms with E-state index in [9.17, 15) is 4.39 Å². The summed E-state index contributed by atoms with van der Waals surface area (Å²) in [5, 5.41) is 3.91. The molecule has 0 unspecified atom stereocenters. The molecule has 1 aromatic heterocycles. The van der Waals surface area contributed by atoms with Crippen molar-refractivity contribution in [3.8, 4) is 0 Å². The van der Waals surface area contributed by atoms with E-state index < -0.39 is 0 Å². The monoisotopic (exact) mass is 276 g/mol. The molecule has 4 heteroatoms. The third-order valence-corrected chi connectivity index (χ3v) is 4.15. The van der Waals surface area contributed by atoms with Crippen LogP contribution in [0.3, 0.4) is 0 Å². The standard InChI is InChI=1S/C9H6BrFS2/c10-3-5-4-13-9-6(5)1-2-7(11)8(9)12/h1-2,4,12H,3H2. The van der Waals surface area contributed by atoms with Crippen molar-refractivity contribution in [3.05, 3.63) is 28.9 Å². The highest BCUT2D eigenvalue weighted by Crippen LogP contribution is 2.33. The lowest BCUT2D eigenvalue weighted by atomic mass is 10.2. The fourth-order valence-electron chi connectivity index (χ4n) is 1.22. The Bertz CT molecular complexity index is 450. The van der Waals surface area contributed by atoms with Gasteiger partial charge in [0.2, 0.25) is 0 Å². The second kappa shape index (κ2) is 3.59. The molecule has 1 heterocycles. The van der Waals surface area contributed by atoms with Crippen LogP contribution in [-0.2, 0) is 5.33 Å². The van der Waals surface area contributed by atoms with E-state index >= 15 is 0 Å². The summed E-state index contributed by atoms with van der Waals surface area (Å²) in [6.07, 6.45) is 0. The minimum atomic E-state index is -0.251. The molecule has 0 bridgehead atoms. The summed E-state index contributed by atoms with van der Waals surface area (Å²) in [6, 6.07) is 3.26. The largest absolute Gasteiger partial charge is 0.206 e. The zero-order valence-corrected chi connectivity index (χ0v) is 9.85. The van der Waals surface area contributed by atoms with Crippen molar-refractivity contribution in [3.63, 3.8) is 0 Å². The summed E-state index contributed by atoms with van der Waals surface area (Å²) in [4.78, 5) is 0.453. The van der Waals surface area contributed by atoms with Gasteiger partial charge in [-0.2, -0.15) is 0 Å². The first-order chi connectivity index (χ1) is 6.24. The van der Waals surface area contributed by atoms with Gasteiger partial charge in [-0.05, 0) is 22.4 Å². The van der Waals surface area contributed by atoms with Crippen LogP contribution in [0.4, 0.5) is 4.39 Å². The Labute approximate surface area is 93.3 Å². The molecular formula is C9H6BrFS2. The van der Waals surface area contributed by atoms with Crippen LogP contribution in [0.2, 0.25) is 0 Å². The van der Waals surface area contributed by atoms with Crippen molar-refractivity contribution in [1.29, 1.82) is 0 Å². The lowest BCUT2D eigenvalue weighted by Crippen LogP contribution is -1.78. The van der Waals surface area contributed by atoms with E-state index in [1.165, 1.54) is 23.0 Å². The van der Waals surface area contributed by atoms with Crippen LogP contribution in [0.25, 0.3) is 10.1 Å². The zero-order chi connectivity index (χ0) is 9.42. The summed E-state index contributed by atoms with van der Waals surface area (Å²) in [6.45, 7) is 0. The van der Waals surface area contributed by atoms with Crippen molar-refractivity contribution in [2.24, 2.45) is 0 Å². The highest BCUT2D eigenvalue weighted by atomic mass is 79.9. The Morgan fingerprint density at radius 3 is 2.92 bits per heavy atom. The first-order valence-electron chi connectivity index (χ1n) is 3.67. The molecule has 0 fully saturated rings. The summed E-state index contributed by atoms with van der Waals surface area (Å²) in [5.41, 5.74) is 1.19. The molecule has 0 radical (unpaired) electrons. The second-order valence-electron chi connectivity index (χ2n) is 2.67. The van der Waals surface area contributed by atoms with Crippen LogP contribution in [0.15, 0.2) is 22.4 Å². The first kappa shape index (κ1) is 9.49. The summed E-state index contributed by atoms with van der Waals surface area (Å²) in [5.74, 6) is -0.251. The molecule has 2 aromatic rings. The molecule has 0 aliphatic heterocycles. The predicted octanol–water partition coefficient (Wildman–Crippen LogP) is 4.22. The number of rotatable bonds is 1. The summed E-state index contributed by atoms with van der Waals surface area (Å²) >= 11 is 9.06. The van der Waals surface area contributed by atoms with Crippen molar-refractivity contribution in [1.82, 2.24) is 0 Å². The molecular weight excluding hydrogens is 271 g/mol. The van der Waals surface area contributed by atoms with Crippen molar-refractivity contribution < 1.29 is 4.39 Å². The fraction of sp³-hybridized carbons (Fsp3) is 0.111. The number of hydrogen-bond donors (Lipinski definition) is 1. The lowest BCUT2D eigenvalue weighted by molar-refractivity contribution is 0.607. The molecule has 0 amide bonds. The number of halogens is 2. The maximum Gasteiger partial charge on any atom is 0.137 e. The highest BCUT2D eigenvalue weighted by molar-refractivity contribution is 9.08. The van der Waals surface area contributed by atoms with E-state index in [1.54, 1.807) is 6.07 Å². The van der Waals surface area contributed by atoms with Gasteiger partial charge >= 0.3 is 0 Å². The average Bonchev–Trinajstić information content (AvgIpc) is 2.55. The van der Waals surface area contributed by atoms with E-state index in [0.29, 0.717) is 4.90 Å². The molecule has 0 saturated carbocycles. The highest BCUT2D eigenvalue weighted by Gasteiger charge is 2.08. The number of thiophene rings is 1. The van der Waals surface area contributed by atoms with Crippen LogP contribution in [0.5, 0.6) is 0 Å². The van der Waals surface area contributed by atoms with Crippen LogP contribution in [0.1, 0.15) is 5.56 Å². The molecule has 0 N–H and O–H groups in total. The smallest absolute Gasteiger partial charge is 0.137 e. The molecule has 0 aliphatic rings. The normalized spacial score (nSPS) is 11.0. The van der Waals surface area contributed by atoms with Crippen molar-refractivity contribution in [2.75, 3.05) is 0 Å². The van der Waals surface area contributed by atoms with Crippen LogP contribution < -0.4 is 0 Å². The fourth-order valence-corrected chi connectivity index (χ4v) is 3.25. The molecule has 13 heavy (non-hydrogen) atoms. The number of alkyl halides is 1. The molecule has 2 rings (SSSR count). The first-order valence-corrected chi connectivity index (χ1v) is 6.12. The Kier molecular flexibility index (Phi) is 2.62. The van der Waals surface area contributed by atoms with Gasteiger partial charge < -0.3 is 0 Å². The van der Waals surface area contributed by atoms with Gasteiger partial charge in [0.25, 0.3) is 0 Å². The third-order valence-electron chi connectivity index (χ3n) is 1.89. The SMILES string of the molecule is Fc1ccc2c(CBr)csc2c1S. The van der Waals surface area contributed by atoms with Gasteiger partial charge in [-0.25, -0.2) is 4.39 Å². The van der Waals surface area contributed by atoms with Crippen LogP contribution in [-0.4, -0.2) is 0 Å². The van der Waals surface area contributed by atoms with Crippen molar-refractivity contribution >= 4 is 50.0 Å². The van der Waals surface area contributed by atoms with Gasteiger partial charge in [0.1, 0.15) is 5.82 Å². The number of hydrogen-bond acceptors (Lipinski definition) is 2. The topological polar surface area (TPSA) is 0 Å². The predicted molar refractivity (Wildman–Crippen MR) is 61.7 cm³/mol. The van der Waals surface area contributed by atoms with Gasteiger partial charge in [-0.15, -0.1) is 24.0 Å². The van der Waals surface area contributed by atoms with E-state index in [2.05, 4.69) is 28.6 Å². The van der Waals surface area contributed by atoms with Gasteiger partial charge in [0.05, 0.1) is 9.60 Å². The van der Waals surface area contributed by atoms with Crippen LogP contribution >= 0.6 is 39.9 Å². The molecule has 0 aliphatic carbocycles. The molecule has 0 nitrogen and oxygen atoms in total.